The van der Waals surface area contributed by atoms with Gasteiger partial charge in [-0.2, -0.15) is 9.78 Å². The molecule has 2 amide bonds. The lowest BCUT2D eigenvalue weighted by atomic mass is 9.86. The fourth-order valence-corrected chi connectivity index (χ4v) is 5.96. The molecular formula is C27H39ClN6O2. The predicted octanol–water partition coefficient (Wildman–Crippen LogP) is 4.71. The van der Waals surface area contributed by atoms with Gasteiger partial charge in [0.05, 0.1) is 28.8 Å². The molecule has 36 heavy (non-hydrogen) atoms. The van der Waals surface area contributed by atoms with Crippen LogP contribution in [0, 0.1) is 5.41 Å². The van der Waals surface area contributed by atoms with Gasteiger partial charge in [-0.05, 0) is 49.9 Å². The maximum absolute atomic E-state index is 13.0. The Balaban J connectivity index is 0.00000148. The maximum Gasteiger partial charge on any atom is 0.344 e. The highest BCUT2D eigenvalue weighted by Gasteiger charge is 2.45. The highest BCUT2D eigenvalue weighted by molar-refractivity contribution is 6.33. The molecule has 3 aliphatic rings. The summed E-state index contributed by atoms with van der Waals surface area (Å²) in [5.41, 5.74) is 3.16. The van der Waals surface area contributed by atoms with Crippen LogP contribution in [0.15, 0.2) is 30.6 Å². The Hall–Kier alpha value is -2.58. The van der Waals surface area contributed by atoms with E-state index in [1.165, 1.54) is 34.9 Å². The topological polar surface area (TPSA) is 64.9 Å². The highest BCUT2D eigenvalue weighted by atomic mass is 35.5. The van der Waals surface area contributed by atoms with Crippen molar-refractivity contribution in [3.63, 3.8) is 0 Å². The summed E-state index contributed by atoms with van der Waals surface area (Å²) in [4.78, 5) is 32.9. The van der Waals surface area contributed by atoms with Crippen LogP contribution in [0.5, 0.6) is 0 Å². The Morgan fingerprint density at radius 2 is 1.81 bits per heavy atom. The molecule has 3 saturated heterocycles. The van der Waals surface area contributed by atoms with Crippen molar-refractivity contribution in [2.45, 2.75) is 53.0 Å². The number of carbonyl (C=O) groups excluding carboxylic acids is 2. The van der Waals surface area contributed by atoms with Crippen molar-refractivity contribution in [3.8, 4) is 0 Å². The minimum atomic E-state index is -0.122. The second kappa shape index (κ2) is 11.2. The first-order valence-electron chi connectivity index (χ1n) is 13.2. The first-order valence-corrected chi connectivity index (χ1v) is 13.6. The van der Waals surface area contributed by atoms with Crippen molar-refractivity contribution >= 4 is 34.9 Å². The predicted molar refractivity (Wildman–Crippen MR) is 145 cm³/mol. The second-order valence-electron chi connectivity index (χ2n) is 10.1. The third-order valence-corrected chi connectivity index (χ3v) is 8.02. The number of carbonyl (C=O) groups is 2. The molecule has 5 rings (SSSR count). The van der Waals surface area contributed by atoms with Crippen molar-refractivity contribution in [3.05, 3.63) is 41.2 Å². The first-order chi connectivity index (χ1) is 17.3. The van der Waals surface area contributed by atoms with E-state index in [0.717, 1.165) is 69.4 Å². The van der Waals surface area contributed by atoms with Crippen LogP contribution in [0.25, 0.3) is 0 Å². The molecule has 196 valence electrons. The molecule has 9 heteroatoms. The lowest BCUT2D eigenvalue weighted by Gasteiger charge is -2.25. The van der Waals surface area contributed by atoms with E-state index in [4.69, 9.17) is 11.6 Å². The van der Waals surface area contributed by atoms with Gasteiger partial charge in [-0.3, -0.25) is 9.69 Å². The Morgan fingerprint density at radius 3 is 2.50 bits per heavy atom. The van der Waals surface area contributed by atoms with E-state index in [-0.39, 0.29) is 17.4 Å². The molecule has 1 aromatic carbocycles. The van der Waals surface area contributed by atoms with E-state index < -0.39 is 0 Å². The molecule has 3 fully saturated rings. The lowest BCUT2D eigenvalue weighted by Crippen LogP contribution is -2.36. The molecule has 0 aliphatic carbocycles. The number of hydrogen-bond acceptors (Lipinski definition) is 5. The molecule has 1 atom stereocenters. The van der Waals surface area contributed by atoms with Gasteiger partial charge in [-0.25, -0.2) is 4.79 Å². The molecule has 4 heterocycles. The maximum atomic E-state index is 13.0. The summed E-state index contributed by atoms with van der Waals surface area (Å²) in [5.74, 6) is -0.0925. The zero-order valence-electron chi connectivity index (χ0n) is 22.0. The van der Waals surface area contributed by atoms with Gasteiger partial charge in [0.2, 0.25) is 5.91 Å². The Labute approximate surface area is 219 Å². The summed E-state index contributed by atoms with van der Waals surface area (Å²) < 4.78 is 1.35. The summed E-state index contributed by atoms with van der Waals surface area (Å²) in [6.07, 6.45) is 7.77. The number of amides is 2. The molecule has 1 spiro atoms. The molecule has 0 radical (unpaired) electrons. The summed E-state index contributed by atoms with van der Waals surface area (Å²) in [5, 5.41) is 5.05. The van der Waals surface area contributed by atoms with Crippen molar-refractivity contribution in [1.82, 2.24) is 19.6 Å². The Bertz CT molecular complexity index is 1080. The lowest BCUT2D eigenvalue weighted by molar-refractivity contribution is -0.116. The van der Waals surface area contributed by atoms with Gasteiger partial charge < -0.3 is 14.7 Å². The quantitative estimate of drug-likeness (QED) is 0.591. The smallest absolute Gasteiger partial charge is 0.344 e. The molecule has 1 aromatic heterocycles. The average molecular weight is 515 g/mol. The van der Waals surface area contributed by atoms with Crippen LogP contribution in [0.4, 0.5) is 16.2 Å². The van der Waals surface area contributed by atoms with Crippen LogP contribution in [0.2, 0.25) is 5.02 Å². The number of aromatic nitrogens is 2. The minimum absolute atomic E-state index is 0.0925. The molecule has 0 saturated carbocycles. The van der Waals surface area contributed by atoms with E-state index in [9.17, 15) is 9.59 Å². The molecule has 3 aliphatic heterocycles. The monoisotopic (exact) mass is 514 g/mol. The van der Waals surface area contributed by atoms with Gasteiger partial charge in [-0.15, -0.1) is 0 Å². The Morgan fingerprint density at radius 1 is 1.08 bits per heavy atom. The number of nitrogens with zero attached hydrogens (tertiary/aromatic N) is 6. The van der Waals surface area contributed by atoms with Crippen LogP contribution in [0.1, 0.15) is 52.0 Å². The molecule has 8 nitrogen and oxygen atoms in total. The number of rotatable bonds is 4. The van der Waals surface area contributed by atoms with Gasteiger partial charge in [0.25, 0.3) is 0 Å². The average Bonchev–Trinajstić information content (AvgIpc) is 3.68. The minimum Gasteiger partial charge on any atom is -0.370 e. The zero-order chi connectivity index (χ0) is 25.9. The number of halogens is 1. The van der Waals surface area contributed by atoms with Gasteiger partial charge in [0.15, 0.2) is 0 Å². The molecule has 0 bridgehead atoms. The SMILES string of the molecule is CC.CC(=O)N(C)c1cnn(C(=O)N2CCC3(CCN(Cc4ccc(N5CCCC5)c(Cl)c4)C3)C2)c1. The fraction of sp³-hybridized carbons (Fsp3) is 0.593. The number of hydrogen-bond donors (Lipinski definition) is 0. The summed E-state index contributed by atoms with van der Waals surface area (Å²) in [6.45, 7) is 12.1. The number of likely N-dealkylation sites (tertiary alicyclic amines) is 2. The second-order valence-corrected chi connectivity index (χ2v) is 10.5. The third-order valence-electron chi connectivity index (χ3n) is 7.72. The van der Waals surface area contributed by atoms with Crippen LogP contribution in [-0.2, 0) is 11.3 Å². The van der Waals surface area contributed by atoms with E-state index in [1.807, 2.05) is 18.7 Å². The number of benzene rings is 1. The fourth-order valence-electron chi connectivity index (χ4n) is 5.63. The van der Waals surface area contributed by atoms with Gasteiger partial charge in [0, 0.05) is 58.7 Å². The molecular weight excluding hydrogens is 476 g/mol. The van der Waals surface area contributed by atoms with Crippen LogP contribution in [0.3, 0.4) is 0 Å². The number of anilines is 2. The van der Waals surface area contributed by atoms with E-state index in [1.54, 1.807) is 19.4 Å². The van der Waals surface area contributed by atoms with Crippen molar-refractivity contribution in [1.29, 1.82) is 0 Å². The van der Waals surface area contributed by atoms with Crippen LogP contribution >= 0.6 is 11.6 Å². The third kappa shape index (κ3) is 5.54. The highest BCUT2D eigenvalue weighted by Crippen LogP contribution is 2.40. The zero-order valence-corrected chi connectivity index (χ0v) is 22.8. The van der Waals surface area contributed by atoms with Gasteiger partial charge in [0.1, 0.15) is 0 Å². The van der Waals surface area contributed by atoms with E-state index in [0.29, 0.717) is 5.69 Å². The summed E-state index contributed by atoms with van der Waals surface area (Å²) >= 11 is 6.63. The van der Waals surface area contributed by atoms with E-state index >= 15 is 0 Å². The largest absolute Gasteiger partial charge is 0.370 e. The van der Waals surface area contributed by atoms with Crippen molar-refractivity contribution in [2.24, 2.45) is 5.41 Å². The van der Waals surface area contributed by atoms with Crippen molar-refractivity contribution in [2.75, 3.05) is 56.1 Å². The normalized spacial score (nSPS) is 21.7. The standard InChI is InChI=1S/C25H33ClN6O2.C2H6/c1-19(33)28(2)21-14-27-32(16-21)24(34)31-12-8-25(18-31)7-11-29(17-25)15-20-5-6-23(22(26)13-20)30-9-3-4-10-30;1-2/h5-6,13-14,16H,3-4,7-12,15,17-18H2,1-2H3;1-2H3. The van der Waals surface area contributed by atoms with E-state index in [2.05, 4.69) is 33.1 Å². The van der Waals surface area contributed by atoms with Crippen LogP contribution < -0.4 is 9.80 Å². The first kappa shape index (κ1) is 26.5. The van der Waals surface area contributed by atoms with Crippen LogP contribution in [-0.4, -0.2) is 77.8 Å². The van der Waals surface area contributed by atoms with Gasteiger partial charge in [-0.1, -0.05) is 31.5 Å². The summed E-state index contributed by atoms with van der Waals surface area (Å²) in [7, 11) is 1.68. The Kier molecular flexibility index (Phi) is 8.25. The molecule has 1 unspecified atom stereocenters. The summed E-state index contributed by atoms with van der Waals surface area (Å²) in [6, 6.07) is 6.38. The molecule has 2 aromatic rings. The molecule has 0 N–H and O–H groups in total. The van der Waals surface area contributed by atoms with Gasteiger partial charge >= 0.3 is 6.03 Å². The van der Waals surface area contributed by atoms with Crippen molar-refractivity contribution < 1.29 is 9.59 Å².